The average Bonchev–Trinajstić information content (AvgIpc) is 2.60. The normalized spacial score (nSPS) is 32.9. The number of ether oxygens (including phenoxy) is 2. The molecule has 1 fully saturated rings. The molecular formula is C10H21AsO10S. The van der Waals surface area contributed by atoms with Gasteiger partial charge in [-0.05, 0) is 0 Å². The van der Waals surface area contributed by atoms with E-state index in [0.717, 1.165) is 0 Å². The van der Waals surface area contributed by atoms with Crippen molar-refractivity contribution < 1.29 is 46.6 Å². The molecule has 0 bridgehead atoms. The van der Waals surface area contributed by atoms with Crippen molar-refractivity contribution >= 4 is 23.6 Å². The van der Waals surface area contributed by atoms with Gasteiger partial charge in [-0.2, -0.15) is 0 Å². The molecule has 132 valence electrons. The monoisotopic (exact) mass is 408 g/mol. The Morgan fingerprint density at radius 2 is 1.77 bits per heavy atom. The zero-order valence-corrected chi connectivity index (χ0v) is 14.7. The zero-order valence-electron chi connectivity index (χ0n) is 12.0. The minimum atomic E-state index is -4.39. The van der Waals surface area contributed by atoms with E-state index in [0.29, 0.717) is 0 Å². The fourth-order valence-electron chi connectivity index (χ4n) is 1.91. The van der Waals surface area contributed by atoms with E-state index < -0.39 is 71.6 Å². The summed E-state index contributed by atoms with van der Waals surface area (Å²) in [7, 11) is -4.39. The van der Waals surface area contributed by atoms with E-state index in [1.54, 1.807) is 0 Å². The molecule has 0 spiro atoms. The molecule has 0 aromatic rings. The standard InChI is InChI=1S/C10H21AsO10S/c1-11(2,16)9(15)8-6(13)7(14)10(21-8)20-3-5(12)4-22(17,18)19/h5-10,12-15H,3-4H2,1-2H3,(H,17,18,19)/t5?,6-,7+,8-,9?,10+/m0/s1. The van der Waals surface area contributed by atoms with E-state index in [-0.39, 0.29) is 0 Å². The molecule has 0 aromatic heterocycles. The fraction of sp³-hybridized carbons (Fsp3) is 1.00. The summed E-state index contributed by atoms with van der Waals surface area (Å²) in [6.07, 6.45) is -7.45. The van der Waals surface area contributed by atoms with E-state index in [2.05, 4.69) is 0 Å². The van der Waals surface area contributed by atoms with Gasteiger partial charge < -0.3 is 0 Å². The Kier molecular flexibility index (Phi) is 6.65. The van der Waals surface area contributed by atoms with E-state index >= 15 is 0 Å². The Labute approximate surface area is 130 Å². The van der Waals surface area contributed by atoms with Crippen LogP contribution in [0.4, 0.5) is 0 Å². The van der Waals surface area contributed by atoms with Crippen LogP contribution >= 0.6 is 0 Å². The summed E-state index contributed by atoms with van der Waals surface area (Å²) in [5, 5.41) is 38.8. The van der Waals surface area contributed by atoms with Gasteiger partial charge in [-0.25, -0.2) is 0 Å². The van der Waals surface area contributed by atoms with Gasteiger partial charge >= 0.3 is 130 Å². The maximum absolute atomic E-state index is 11.8. The van der Waals surface area contributed by atoms with E-state index in [4.69, 9.17) is 14.0 Å². The van der Waals surface area contributed by atoms with Crippen LogP contribution in [0.3, 0.4) is 0 Å². The van der Waals surface area contributed by atoms with Crippen molar-refractivity contribution in [1.29, 1.82) is 0 Å². The topological polar surface area (TPSA) is 171 Å². The van der Waals surface area contributed by atoms with Crippen molar-refractivity contribution in [1.82, 2.24) is 0 Å². The molecule has 1 aliphatic heterocycles. The predicted molar refractivity (Wildman–Crippen MR) is 73.2 cm³/mol. The SMILES string of the molecule is C[As](C)(=O)C(O)[C@H]1O[C@@H](OCC(O)CS(=O)(=O)O)[C@H](O)[C@@H]1O. The van der Waals surface area contributed by atoms with Crippen LogP contribution in [-0.4, -0.2) is 94.8 Å². The van der Waals surface area contributed by atoms with Crippen molar-refractivity contribution in [3.8, 4) is 0 Å². The van der Waals surface area contributed by atoms with Gasteiger partial charge in [0.1, 0.15) is 0 Å². The Morgan fingerprint density at radius 1 is 1.23 bits per heavy atom. The van der Waals surface area contributed by atoms with Gasteiger partial charge in [0.05, 0.1) is 0 Å². The van der Waals surface area contributed by atoms with Crippen LogP contribution in [0.25, 0.3) is 0 Å². The Hall–Kier alpha value is 0.0284. The van der Waals surface area contributed by atoms with Gasteiger partial charge in [0.2, 0.25) is 0 Å². The second kappa shape index (κ2) is 7.28. The summed E-state index contributed by atoms with van der Waals surface area (Å²) in [6, 6.07) is 0. The van der Waals surface area contributed by atoms with Gasteiger partial charge in [-0.1, -0.05) is 0 Å². The predicted octanol–water partition coefficient (Wildman–Crippen LogP) is -2.77. The quantitative estimate of drug-likeness (QED) is 0.219. The molecule has 1 rings (SSSR count). The molecule has 12 heteroatoms. The van der Waals surface area contributed by atoms with Crippen LogP contribution in [0.15, 0.2) is 0 Å². The molecule has 0 amide bonds. The first-order chi connectivity index (χ1) is 9.83. The van der Waals surface area contributed by atoms with Crippen molar-refractivity contribution in [2.24, 2.45) is 0 Å². The Bertz CT molecular complexity index is 516. The van der Waals surface area contributed by atoms with Gasteiger partial charge in [-0.3, -0.25) is 0 Å². The third kappa shape index (κ3) is 5.59. The summed E-state index contributed by atoms with van der Waals surface area (Å²) >= 11 is -3.66. The fourth-order valence-corrected chi connectivity index (χ4v) is 4.49. The van der Waals surface area contributed by atoms with E-state index in [9.17, 15) is 32.6 Å². The molecule has 5 N–H and O–H groups in total. The van der Waals surface area contributed by atoms with Crippen molar-refractivity contribution in [3.63, 3.8) is 0 Å². The van der Waals surface area contributed by atoms with Crippen LogP contribution < -0.4 is 0 Å². The number of hydrogen-bond acceptors (Lipinski definition) is 9. The van der Waals surface area contributed by atoms with Crippen LogP contribution in [0, 0.1) is 0 Å². The minimum absolute atomic E-state index is 0.599. The van der Waals surface area contributed by atoms with Crippen LogP contribution in [0.1, 0.15) is 0 Å². The molecule has 0 aromatic carbocycles. The van der Waals surface area contributed by atoms with Crippen molar-refractivity contribution in [2.45, 2.75) is 47.0 Å². The van der Waals surface area contributed by atoms with Crippen molar-refractivity contribution in [2.75, 3.05) is 12.4 Å². The van der Waals surface area contributed by atoms with Gasteiger partial charge in [0, 0.05) is 0 Å². The number of aliphatic hydroxyl groups is 4. The molecule has 1 aliphatic rings. The number of rotatable bonds is 7. The molecule has 22 heavy (non-hydrogen) atoms. The zero-order chi connectivity index (χ0) is 17.3. The second-order valence-electron chi connectivity index (χ2n) is 5.53. The molecule has 1 heterocycles. The van der Waals surface area contributed by atoms with Crippen LogP contribution in [0.2, 0.25) is 11.4 Å². The van der Waals surface area contributed by atoms with Gasteiger partial charge in [-0.15, -0.1) is 0 Å². The van der Waals surface area contributed by atoms with Gasteiger partial charge in [0.15, 0.2) is 0 Å². The first-order valence-corrected chi connectivity index (χ1v) is 13.5. The molecule has 0 radical (unpaired) electrons. The molecular weight excluding hydrogens is 387 g/mol. The molecule has 2 unspecified atom stereocenters. The van der Waals surface area contributed by atoms with Gasteiger partial charge in [0.25, 0.3) is 0 Å². The summed E-state index contributed by atoms with van der Waals surface area (Å²) < 4.78 is 51.6. The maximum atomic E-state index is 11.8. The van der Waals surface area contributed by atoms with Crippen LogP contribution in [-0.2, 0) is 23.3 Å². The van der Waals surface area contributed by atoms with Crippen LogP contribution in [0.5, 0.6) is 0 Å². The first-order valence-electron chi connectivity index (χ1n) is 6.32. The van der Waals surface area contributed by atoms with E-state index in [1.807, 2.05) is 0 Å². The number of aliphatic hydroxyl groups excluding tert-OH is 4. The Balaban J connectivity index is 2.62. The van der Waals surface area contributed by atoms with Crippen molar-refractivity contribution in [3.05, 3.63) is 0 Å². The third-order valence-electron chi connectivity index (χ3n) is 3.04. The summed E-state index contributed by atoms with van der Waals surface area (Å²) in [6.45, 7) is -0.599. The summed E-state index contributed by atoms with van der Waals surface area (Å²) in [4.78, 5) is -1.46. The molecule has 1 saturated heterocycles. The second-order valence-corrected chi connectivity index (χ2v) is 14.2. The number of hydrogen-bond donors (Lipinski definition) is 5. The Morgan fingerprint density at radius 3 is 2.23 bits per heavy atom. The summed E-state index contributed by atoms with van der Waals surface area (Å²) in [5.41, 5.74) is 2.69. The van der Waals surface area contributed by atoms with E-state index in [1.165, 1.54) is 11.4 Å². The first kappa shape index (κ1) is 20.1. The molecule has 10 nitrogen and oxygen atoms in total. The molecule has 6 atom stereocenters. The third-order valence-corrected chi connectivity index (χ3v) is 7.14. The average molecular weight is 408 g/mol. The molecule has 0 saturated carbocycles. The summed E-state index contributed by atoms with van der Waals surface area (Å²) in [5.74, 6) is -0.966. The molecule has 0 aliphatic carbocycles.